The summed E-state index contributed by atoms with van der Waals surface area (Å²) >= 11 is 0. The van der Waals surface area contributed by atoms with Crippen LogP contribution in [-0.2, 0) is 30.0 Å². The lowest BCUT2D eigenvalue weighted by atomic mass is 9.87. The van der Waals surface area contributed by atoms with Gasteiger partial charge in [-0.25, -0.2) is 4.79 Å². The van der Waals surface area contributed by atoms with Gasteiger partial charge in [-0.3, -0.25) is 9.36 Å². The number of phenolic OH excluding ortho intramolecular Hbond substituents is 2. The van der Waals surface area contributed by atoms with Crippen molar-refractivity contribution in [2.24, 2.45) is 17.6 Å². The quantitative estimate of drug-likeness (QED) is 0.0929. The third-order valence-electron chi connectivity index (χ3n) is 7.25. The topological polar surface area (TPSA) is 253 Å². The van der Waals surface area contributed by atoms with Crippen LogP contribution in [0, 0.1) is 11.8 Å². The maximum Gasteiger partial charge on any atom is 0.405 e. The first-order valence-corrected chi connectivity index (χ1v) is 16.1. The molecule has 2 amide bonds. The Morgan fingerprint density at radius 2 is 1.85 bits per heavy atom. The highest BCUT2D eigenvalue weighted by atomic mass is 31.2. The van der Waals surface area contributed by atoms with Gasteiger partial charge in [-0.1, -0.05) is 44.2 Å². The number of ether oxygens (including phenoxy) is 3. The van der Waals surface area contributed by atoms with E-state index in [2.05, 4.69) is 17.2 Å². The third kappa shape index (κ3) is 13.9. The average Bonchev–Trinajstić information content (AvgIpc) is 2.97. The molecule has 6 atom stereocenters. The van der Waals surface area contributed by atoms with Gasteiger partial charge in [0.2, 0.25) is 0 Å². The van der Waals surface area contributed by atoms with Gasteiger partial charge in [0, 0.05) is 43.9 Å². The molecule has 0 aliphatic carbocycles. The number of hydrogen-bond donors (Lipinski definition) is 8. The lowest BCUT2D eigenvalue weighted by Crippen LogP contribution is -2.37. The Morgan fingerprint density at radius 1 is 1.23 bits per heavy atom. The van der Waals surface area contributed by atoms with Gasteiger partial charge in [-0.05, 0) is 38.2 Å². The van der Waals surface area contributed by atoms with Crippen LogP contribution in [0.5, 0.6) is 11.5 Å². The van der Waals surface area contributed by atoms with Gasteiger partial charge in [-0.2, -0.15) is 0 Å². The van der Waals surface area contributed by atoms with E-state index in [1.54, 1.807) is 38.2 Å². The van der Waals surface area contributed by atoms with Crippen LogP contribution in [-0.4, -0.2) is 82.3 Å². The molecule has 0 saturated carbocycles. The second-order valence-corrected chi connectivity index (χ2v) is 12.1. The van der Waals surface area contributed by atoms with Gasteiger partial charge in [0.25, 0.3) is 13.7 Å². The monoisotopic (exact) mass is 684 g/mol. The van der Waals surface area contributed by atoms with E-state index in [1.165, 1.54) is 26.4 Å². The van der Waals surface area contributed by atoms with Gasteiger partial charge < -0.3 is 60.6 Å². The lowest BCUT2D eigenvalue weighted by molar-refractivity contribution is -0.214. The van der Waals surface area contributed by atoms with Crippen LogP contribution in [0.15, 0.2) is 54.2 Å². The van der Waals surface area contributed by atoms with Gasteiger partial charge in [0.05, 0.1) is 23.6 Å². The van der Waals surface area contributed by atoms with Crippen LogP contribution in [0.3, 0.4) is 0 Å². The number of hydrogen-bond acceptors (Lipinski definition) is 11. The smallest absolute Gasteiger partial charge is 0.405 e. The first-order chi connectivity index (χ1) is 21.8. The Labute approximate surface area is 274 Å². The number of anilines is 2. The zero-order valence-electron chi connectivity index (χ0n) is 27.4. The Balaban J connectivity index is 0.00000204. The summed E-state index contributed by atoms with van der Waals surface area (Å²) in [6, 6.07) is 1.28. The lowest BCUT2D eigenvalue weighted by Gasteiger charge is -2.29. The number of methoxy groups -OCH3 is 2. The number of rotatable bonds is 6. The van der Waals surface area contributed by atoms with Crippen LogP contribution in [0.4, 0.5) is 16.2 Å². The third-order valence-corrected chi connectivity index (χ3v) is 7.25. The van der Waals surface area contributed by atoms with E-state index in [0.717, 1.165) is 0 Å². The summed E-state index contributed by atoms with van der Waals surface area (Å²) in [4.78, 5) is 47.7. The van der Waals surface area contributed by atoms with Crippen molar-refractivity contribution < 1.29 is 58.4 Å². The highest BCUT2D eigenvalue weighted by Gasteiger charge is 2.30. The highest BCUT2D eigenvalue weighted by molar-refractivity contribution is 7.43. The second-order valence-electron chi connectivity index (χ2n) is 11.1. The minimum absolute atomic E-state index is 0.0416. The average molecular weight is 685 g/mol. The van der Waals surface area contributed by atoms with Gasteiger partial charge >= 0.3 is 6.09 Å². The zero-order valence-corrected chi connectivity index (χ0v) is 28.3. The van der Waals surface area contributed by atoms with Crippen molar-refractivity contribution in [3.63, 3.8) is 0 Å². The number of amides is 2. The molecule has 1 aromatic rings. The van der Waals surface area contributed by atoms with E-state index in [0.29, 0.717) is 41.8 Å². The fourth-order valence-electron chi connectivity index (χ4n) is 4.98. The normalized spacial score (nSPS) is 27.4. The fraction of sp³-hybridized carbons (Fsp3) is 0.484. The largest absolute Gasteiger partial charge is 0.756 e. The first-order valence-electron chi connectivity index (χ1n) is 14.6. The number of phosphoric acid groups is 1. The second kappa shape index (κ2) is 19.2. The zero-order chi connectivity index (χ0) is 36.1. The highest BCUT2D eigenvalue weighted by Crippen LogP contribution is 2.42. The molecule has 0 aromatic heterocycles. The summed E-state index contributed by atoms with van der Waals surface area (Å²) in [6.45, 7) is 11.1. The number of aromatic hydroxyl groups is 2. The predicted molar refractivity (Wildman–Crippen MR) is 174 cm³/mol. The molecular formula is C31H47N3O12P-. The summed E-state index contributed by atoms with van der Waals surface area (Å²) in [5.74, 6) is -1.41. The molecule has 16 heteroatoms. The Hall–Kier alpha value is -3.69. The summed E-state index contributed by atoms with van der Waals surface area (Å²) < 4.78 is 25.4. The van der Waals surface area contributed by atoms with E-state index in [-0.39, 0.29) is 23.1 Å². The summed E-state index contributed by atoms with van der Waals surface area (Å²) in [5, 5.41) is 39.1. The molecule has 0 fully saturated rings. The standard InChI is InChI=1S/C31H45N3O8.H3O4P/c1-8-12-33-26-21-13-17(2)14-25(41-7)27(36)19(4)15-20(5)29(42-31(32)39)24(40-6)11-9-10-18(3)30(38)34-22(28(21)37)16-23(26)35;1-5(2,3)4/h8-11,15-17,19,24-25,27,29,33,35-37H,1,12-14H2,2-7H3,(H2,32,39)(H,34,38);(H3,1,2,3,4)/p-1/b11-9-,18-10+,20-15+;/t17-,19+,24+,25+,27-,29+;/m1./s1. The number of phenols is 2. The predicted octanol–water partition coefficient (Wildman–Crippen LogP) is 2.60. The maximum absolute atomic E-state index is 13.0. The van der Waals surface area contributed by atoms with Crippen molar-refractivity contribution in [3.8, 4) is 11.5 Å². The number of benzene rings is 1. The molecule has 1 aromatic carbocycles. The number of fused-ring (bicyclic) bond motifs is 2. The molecule has 1 aliphatic heterocycles. The van der Waals surface area contributed by atoms with Gasteiger partial charge in [0.1, 0.15) is 17.6 Å². The van der Waals surface area contributed by atoms with Crippen molar-refractivity contribution in [1.29, 1.82) is 0 Å². The van der Waals surface area contributed by atoms with Crippen molar-refractivity contribution in [2.75, 3.05) is 31.4 Å². The number of nitrogens with two attached hydrogens (primary N) is 1. The van der Waals surface area contributed by atoms with Crippen molar-refractivity contribution in [2.45, 2.75) is 65.0 Å². The number of primary amides is 1. The molecule has 9 N–H and O–H groups in total. The SMILES string of the molecule is C=CCNc1c(O)cc2c(O)c1C[C@@H](C)C[C@H](OC)[C@H](O)[C@@H](C)/C=C(\C)[C@H](OC(N)=O)[C@@H](OC)/C=C\C=C(/C)C(=O)N2.O=P([O-])(O)O. The number of nitrogens with one attached hydrogen (secondary N) is 2. The number of carbonyl (C=O) groups excluding carboxylic acids is 2. The van der Waals surface area contributed by atoms with Crippen molar-refractivity contribution in [1.82, 2.24) is 0 Å². The van der Waals surface area contributed by atoms with Gasteiger partial charge in [0.15, 0.2) is 6.10 Å². The molecule has 264 valence electrons. The van der Waals surface area contributed by atoms with E-state index in [9.17, 15) is 24.9 Å². The molecule has 47 heavy (non-hydrogen) atoms. The van der Waals surface area contributed by atoms with Gasteiger partial charge in [-0.15, -0.1) is 6.58 Å². The first kappa shape index (κ1) is 41.3. The summed E-state index contributed by atoms with van der Waals surface area (Å²) in [7, 11) is -1.94. The van der Waals surface area contributed by atoms with Crippen LogP contribution in [0.2, 0.25) is 0 Å². The fourth-order valence-corrected chi connectivity index (χ4v) is 4.98. The Morgan fingerprint density at radius 3 is 2.38 bits per heavy atom. The van der Waals surface area contributed by atoms with Crippen LogP contribution in [0.1, 0.15) is 39.7 Å². The number of carbonyl (C=O) groups is 2. The Kier molecular flexibility index (Phi) is 16.9. The maximum atomic E-state index is 13.0. The Bertz CT molecular complexity index is 1370. The molecule has 0 unspecified atom stereocenters. The molecule has 2 bridgehead atoms. The minimum atomic E-state index is -4.89. The molecule has 15 nitrogen and oxygen atoms in total. The van der Waals surface area contributed by atoms with Crippen molar-refractivity contribution in [3.05, 3.63) is 59.7 Å². The van der Waals surface area contributed by atoms with E-state index >= 15 is 0 Å². The van der Waals surface area contributed by atoms with E-state index in [4.69, 9.17) is 39.2 Å². The van der Waals surface area contributed by atoms with E-state index in [1.807, 2.05) is 13.8 Å². The molecule has 0 spiro atoms. The van der Waals surface area contributed by atoms with Crippen LogP contribution >= 0.6 is 7.82 Å². The van der Waals surface area contributed by atoms with Crippen LogP contribution in [0.25, 0.3) is 0 Å². The van der Waals surface area contributed by atoms with Crippen molar-refractivity contribution >= 4 is 31.2 Å². The number of aliphatic hydroxyl groups is 1. The van der Waals surface area contributed by atoms with Crippen LogP contribution < -0.4 is 21.3 Å². The molecule has 0 saturated heterocycles. The molecule has 1 aliphatic rings. The number of allylic oxidation sites excluding steroid dienone is 2. The molecule has 2 rings (SSSR count). The number of aliphatic hydroxyl groups excluding tert-OH is 1. The molecule has 1 heterocycles. The summed E-state index contributed by atoms with van der Waals surface area (Å²) in [6.07, 6.45) is 4.64. The summed E-state index contributed by atoms with van der Waals surface area (Å²) in [5.41, 5.74) is 7.01. The molecule has 0 radical (unpaired) electrons. The minimum Gasteiger partial charge on any atom is -0.756 e. The van der Waals surface area contributed by atoms with E-state index < -0.39 is 50.2 Å². The molecular weight excluding hydrogens is 637 g/mol.